The van der Waals surface area contributed by atoms with Crippen LogP contribution in [0.1, 0.15) is 36.7 Å². The summed E-state index contributed by atoms with van der Waals surface area (Å²) < 4.78 is 38.8. The Labute approximate surface area is 170 Å². The molecule has 1 unspecified atom stereocenters. The standard InChI is InChI=1S/C20H19F3N6O/c21-20(22,23)14-6-3-7-15(11-14)25-19(30)29-10-2-1-8-16(29)18-26-17(27-28-18)13-5-4-9-24-12-13/h3-7,9,11-12,16H,1-2,8,10H2,(H,25,30)(H,26,27,28). The first-order chi connectivity index (χ1) is 14.4. The van der Waals surface area contributed by atoms with Gasteiger partial charge in [0.05, 0.1) is 11.6 Å². The number of urea groups is 1. The average Bonchev–Trinajstić information content (AvgIpc) is 3.24. The summed E-state index contributed by atoms with van der Waals surface area (Å²) in [6.07, 6.45) is 1.20. The van der Waals surface area contributed by atoms with E-state index in [1.807, 2.05) is 6.07 Å². The molecule has 1 aliphatic heterocycles. The van der Waals surface area contributed by atoms with Gasteiger partial charge in [0, 0.05) is 30.2 Å². The number of carbonyl (C=O) groups is 1. The van der Waals surface area contributed by atoms with Crippen molar-refractivity contribution in [3.05, 3.63) is 60.2 Å². The largest absolute Gasteiger partial charge is 0.416 e. The van der Waals surface area contributed by atoms with Gasteiger partial charge in [-0.25, -0.2) is 9.78 Å². The molecule has 3 heterocycles. The van der Waals surface area contributed by atoms with Crippen molar-refractivity contribution in [3.8, 4) is 11.4 Å². The number of H-pyrrole nitrogens is 1. The summed E-state index contributed by atoms with van der Waals surface area (Å²) in [4.78, 5) is 23.0. The number of rotatable bonds is 3. The zero-order valence-electron chi connectivity index (χ0n) is 15.9. The summed E-state index contributed by atoms with van der Waals surface area (Å²) in [7, 11) is 0. The SMILES string of the molecule is O=C(Nc1cccc(C(F)(F)F)c1)N1CCCCC1c1nc(-c2cccnc2)n[nH]1. The predicted octanol–water partition coefficient (Wildman–Crippen LogP) is 4.64. The van der Waals surface area contributed by atoms with Crippen LogP contribution < -0.4 is 5.32 Å². The van der Waals surface area contributed by atoms with Crippen LogP contribution in [0.5, 0.6) is 0 Å². The topological polar surface area (TPSA) is 86.8 Å². The molecule has 0 aliphatic carbocycles. The minimum atomic E-state index is -4.48. The van der Waals surface area contributed by atoms with Gasteiger partial charge in [0.2, 0.25) is 0 Å². The number of nitrogens with zero attached hydrogens (tertiary/aromatic N) is 4. The molecule has 2 N–H and O–H groups in total. The average molecular weight is 416 g/mol. The fraction of sp³-hybridized carbons (Fsp3) is 0.300. The number of alkyl halides is 3. The quantitative estimate of drug-likeness (QED) is 0.651. The number of hydrogen-bond donors (Lipinski definition) is 2. The van der Waals surface area contributed by atoms with Crippen molar-refractivity contribution in [2.75, 3.05) is 11.9 Å². The maximum Gasteiger partial charge on any atom is 0.416 e. The number of aromatic nitrogens is 4. The highest BCUT2D eigenvalue weighted by Gasteiger charge is 2.32. The number of anilines is 1. The third kappa shape index (κ3) is 4.27. The molecule has 2 amide bonds. The Hall–Kier alpha value is -3.43. The van der Waals surface area contributed by atoms with E-state index in [2.05, 4.69) is 25.5 Å². The van der Waals surface area contributed by atoms with Gasteiger partial charge in [-0.15, -0.1) is 0 Å². The number of carbonyl (C=O) groups excluding carboxylic acids is 1. The number of piperidine rings is 1. The number of pyridine rings is 1. The minimum absolute atomic E-state index is 0.0905. The molecule has 2 aromatic heterocycles. The maximum absolute atomic E-state index is 12.9. The first-order valence-electron chi connectivity index (χ1n) is 9.49. The van der Waals surface area contributed by atoms with Crippen molar-refractivity contribution < 1.29 is 18.0 Å². The van der Waals surface area contributed by atoms with Crippen molar-refractivity contribution in [3.63, 3.8) is 0 Å². The molecule has 1 aliphatic rings. The highest BCUT2D eigenvalue weighted by molar-refractivity contribution is 5.89. The van der Waals surface area contributed by atoms with Gasteiger partial charge >= 0.3 is 12.2 Å². The van der Waals surface area contributed by atoms with E-state index in [-0.39, 0.29) is 11.7 Å². The number of aromatic amines is 1. The Bertz CT molecular complexity index is 1020. The minimum Gasteiger partial charge on any atom is -0.314 e. The molecule has 1 aromatic carbocycles. The molecule has 0 spiro atoms. The van der Waals surface area contributed by atoms with Crippen LogP contribution in [0.15, 0.2) is 48.8 Å². The van der Waals surface area contributed by atoms with Gasteiger partial charge in [-0.05, 0) is 49.6 Å². The normalized spacial score (nSPS) is 17.0. The Morgan fingerprint density at radius 1 is 1.20 bits per heavy atom. The molecule has 10 heteroatoms. The van der Waals surface area contributed by atoms with Crippen LogP contribution in [0.3, 0.4) is 0 Å². The van der Waals surface area contributed by atoms with E-state index < -0.39 is 17.8 Å². The smallest absolute Gasteiger partial charge is 0.314 e. The fourth-order valence-electron chi connectivity index (χ4n) is 3.47. The predicted molar refractivity (Wildman–Crippen MR) is 103 cm³/mol. The molecule has 0 radical (unpaired) electrons. The second kappa shape index (κ2) is 8.13. The Morgan fingerprint density at radius 3 is 2.83 bits per heavy atom. The number of likely N-dealkylation sites (tertiary alicyclic amines) is 1. The lowest BCUT2D eigenvalue weighted by atomic mass is 10.0. The third-order valence-corrected chi connectivity index (χ3v) is 4.94. The van der Waals surface area contributed by atoms with Gasteiger partial charge < -0.3 is 10.2 Å². The maximum atomic E-state index is 12.9. The molecule has 0 bridgehead atoms. The number of benzene rings is 1. The van der Waals surface area contributed by atoms with Gasteiger partial charge in [0.15, 0.2) is 5.82 Å². The Morgan fingerprint density at radius 2 is 2.07 bits per heavy atom. The third-order valence-electron chi connectivity index (χ3n) is 4.94. The lowest BCUT2D eigenvalue weighted by Crippen LogP contribution is -2.41. The van der Waals surface area contributed by atoms with E-state index >= 15 is 0 Å². The van der Waals surface area contributed by atoms with Crippen LogP contribution in [-0.2, 0) is 6.18 Å². The van der Waals surface area contributed by atoms with E-state index in [1.54, 1.807) is 23.4 Å². The lowest BCUT2D eigenvalue weighted by molar-refractivity contribution is -0.137. The Balaban J connectivity index is 1.53. The summed E-state index contributed by atoms with van der Waals surface area (Å²) in [5.41, 5.74) is 0.0235. The highest BCUT2D eigenvalue weighted by atomic mass is 19.4. The van der Waals surface area contributed by atoms with E-state index in [4.69, 9.17) is 0 Å². The van der Waals surface area contributed by atoms with Crippen molar-refractivity contribution >= 4 is 11.7 Å². The van der Waals surface area contributed by atoms with E-state index in [0.29, 0.717) is 24.6 Å². The zero-order valence-corrected chi connectivity index (χ0v) is 15.9. The second-order valence-corrected chi connectivity index (χ2v) is 7.00. The highest BCUT2D eigenvalue weighted by Crippen LogP contribution is 2.32. The van der Waals surface area contributed by atoms with Crippen LogP contribution in [0.2, 0.25) is 0 Å². The van der Waals surface area contributed by atoms with Gasteiger partial charge in [-0.2, -0.15) is 18.3 Å². The van der Waals surface area contributed by atoms with Crippen LogP contribution in [0.4, 0.5) is 23.7 Å². The first kappa shape index (κ1) is 19.9. The van der Waals surface area contributed by atoms with E-state index in [9.17, 15) is 18.0 Å². The molecule has 7 nitrogen and oxygen atoms in total. The Kier molecular flexibility index (Phi) is 5.39. The first-order valence-corrected chi connectivity index (χ1v) is 9.49. The summed E-state index contributed by atoms with van der Waals surface area (Å²) in [6.45, 7) is 0.471. The number of nitrogens with one attached hydrogen (secondary N) is 2. The number of hydrogen-bond acceptors (Lipinski definition) is 4. The van der Waals surface area contributed by atoms with Crippen LogP contribution in [-0.4, -0.2) is 37.6 Å². The van der Waals surface area contributed by atoms with Crippen molar-refractivity contribution in [1.29, 1.82) is 0 Å². The monoisotopic (exact) mass is 416 g/mol. The number of amides is 2. The fourth-order valence-corrected chi connectivity index (χ4v) is 3.47. The molecular weight excluding hydrogens is 397 g/mol. The van der Waals surface area contributed by atoms with Gasteiger partial charge in [0.1, 0.15) is 5.82 Å². The summed E-state index contributed by atoms with van der Waals surface area (Å²) >= 11 is 0. The molecule has 1 saturated heterocycles. The molecule has 30 heavy (non-hydrogen) atoms. The lowest BCUT2D eigenvalue weighted by Gasteiger charge is -2.34. The van der Waals surface area contributed by atoms with E-state index in [0.717, 1.165) is 30.5 Å². The molecule has 156 valence electrons. The molecule has 1 fully saturated rings. The van der Waals surface area contributed by atoms with Crippen molar-refractivity contribution in [2.24, 2.45) is 0 Å². The summed E-state index contributed by atoms with van der Waals surface area (Å²) in [5, 5.41) is 9.69. The molecule has 0 saturated carbocycles. The van der Waals surface area contributed by atoms with Crippen LogP contribution in [0, 0.1) is 0 Å². The molecular formula is C20H19F3N6O. The molecule has 1 atom stereocenters. The van der Waals surface area contributed by atoms with Gasteiger partial charge in [0.25, 0.3) is 0 Å². The zero-order chi connectivity index (χ0) is 21.1. The second-order valence-electron chi connectivity index (χ2n) is 7.00. The summed E-state index contributed by atoms with van der Waals surface area (Å²) in [5.74, 6) is 1.01. The van der Waals surface area contributed by atoms with Crippen LogP contribution in [0.25, 0.3) is 11.4 Å². The summed E-state index contributed by atoms with van der Waals surface area (Å²) in [6, 6.07) is 7.38. The van der Waals surface area contributed by atoms with Crippen LogP contribution >= 0.6 is 0 Å². The molecule has 3 aromatic rings. The van der Waals surface area contributed by atoms with E-state index in [1.165, 1.54) is 12.1 Å². The van der Waals surface area contributed by atoms with Gasteiger partial charge in [-0.3, -0.25) is 10.1 Å². The van der Waals surface area contributed by atoms with Crippen molar-refractivity contribution in [2.45, 2.75) is 31.5 Å². The number of halogens is 3. The van der Waals surface area contributed by atoms with Gasteiger partial charge in [-0.1, -0.05) is 6.07 Å². The molecule has 4 rings (SSSR count). The van der Waals surface area contributed by atoms with Crippen molar-refractivity contribution in [1.82, 2.24) is 25.1 Å².